The number of rotatable bonds is 6. The van der Waals surface area contributed by atoms with Crippen LogP contribution in [0, 0.1) is 0 Å². The van der Waals surface area contributed by atoms with E-state index >= 15 is 0 Å². The molecule has 1 aromatic carbocycles. The molecule has 0 aromatic heterocycles. The molecular weight excluding hydrogens is 380 g/mol. The second-order valence-electron chi connectivity index (χ2n) is 6.70. The molecule has 1 fully saturated rings. The Morgan fingerprint density at radius 3 is 2.71 bits per heavy atom. The Labute approximate surface area is 167 Å². The number of ether oxygens (including phenoxy) is 1. The summed E-state index contributed by atoms with van der Waals surface area (Å²) in [6.07, 6.45) is -0.622. The van der Waals surface area contributed by atoms with Gasteiger partial charge in [-0.15, -0.1) is 0 Å². The van der Waals surface area contributed by atoms with E-state index in [0.29, 0.717) is 11.7 Å². The number of carbonyl (C=O) groups excluding carboxylic acids is 3. The lowest BCUT2D eigenvalue weighted by Crippen LogP contribution is -2.63. The Morgan fingerprint density at radius 1 is 1.32 bits per heavy atom. The number of nitrogens with zero attached hydrogens (tertiary/aromatic N) is 3. The maximum absolute atomic E-state index is 12.4. The number of likely N-dealkylation sites (N-methyl/N-ethyl adjacent to an activating group) is 1. The van der Waals surface area contributed by atoms with Gasteiger partial charge in [0.2, 0.25) is 0 Å². The molecule has 1 aromatic rings. The van der Waals surface area contributed by atoms with Crippen molar-refractivity contribution in [3.8, 4) is 0 Å². The molecule has 0 radical (unpaired) electrons. The third-order valence-corrected chi connectivity index (χ3v) is 5.30. The lowest BCUT2D eigenvalue weighted by atomic mass is 10.1. The Bertz CT molecular complexity index is 826. The quantitative estimate of drug-likeness (QED) is 0.574. The molecule has 0 bridgehead atoms. The predicted molar refractivity (Wildman–Crippen MR) is 107 cm³/mol. The molecule has 0 spiro atoms. The van der Waals surface area contributed by atoms with Gasteiger partial charge in [-0.2, -0.15) is 0 Å². The van der Waals surface area contributed by atoms with Gasteiger partial charge in [0.15, 0.2) is 17.4 Å². The molecule has 2 atom stereocenters. The molecule has 9 heteroatoms. The van der Waals surface area contributed by atoms with Crippen LogP contribution in [0.4, 0.5) is 4.79 Å². The second-order valence-corrected chi connectivity index (χ2v) is 7.64. The molecular formula is C19H22N4O4S. The van der Waals surface area contributed by atoms with Crippen LogP contribution in [0.25, 0.3) is 0 Å². The topological polar surface area (TPSA) is 91.3 Å². The van der Waals surface area contributed by atoms with E-state index in [9.17, 15) is 14.4 Å². The molecule has 2 unspecified atom stereocenters. The van der Waals surface area contributed by atoms with Crippen molar-refractivity contribution in [2.75, 3.05) is 19.3 Å². The summed E-state index contributed by atoms with van der Waals surface area (Å²) in [4.78, 5) is 44.0. The van der Waals surface area contributed by atoms with Crippen LogP contribution in [0.3, 0.4) is 0 Å². The molecule has 8 nitrogen and oxygen atoms in total. The van der Waals surface area contributed by atoms with Crippen molar-refractivity contribution in [3.63, 3.8) is 0 Å². The molecule has 0 saturated carbocycles. The summed E-state index contributed by atoms with van der Waals surface area (Å²) in [5.41, 5.74) is 1.75. The smallest absolute Gasteiger partial charge is 0.325 e. The number of fused-ring (bicyclic) bond motifs is 1. The molecule has 3 amide bonds. The minimum atomic E-state index is -0.637. The first-order chi connectivity index (χ1) is 13.4. The zero-order valence-corrected chi connectivity index (χ0v) is 16.6. The second kappa shape index (κ2) is 8.47. The molecule has 1 N–H and O–H groups in total. The van der Waals surface area contributed by atoms with Gasteiger partial charge < -0.3 is 14.5 Å². The van der Waals surface area contributed by atoms with Crippen molar-refractivity contribution >= 4 is 34.8 Å². The van der Waals surface area contributed by atoms with E-state index in [1.54, 1.807) is 11.9 Å². The van der Waals surface area contributed by atoms with E-state index in [4.69, 9.17) is 4.74 Å². The summed E-state index contributed by atoms with van der Waals surface area (Å²) in [5, 5.41) is 2.85. The third kappa shape index (κ3) is 4.36. The van der Waals surface area contributed by atoms with Crippen molar-refractivity contribution in [2.45, 2.75) is 25.7 Å². The van der Waals surface area contributed by atoms with Crippen LogP contribution in [-0.2, 0) is 20.9 Å². The van der Waals surface area contributed by atoms with E-state index < -0.39 is 24.1 Å². The minimum absolute atomic E-state index is 0.0527. The molecule has 2 aliphatic rings. The maximum atomic E-state index is 12.4. The molecule has 148 valence electrons. The zero-order valence-electron chi connectivity index (χ0n) is 15.8. The van der Waals surface area contributed by atoms with Crippen LogP contribution in [-0.4, -0.2) is 64.4 Å². The summed E-state index contributed by atoms with van der Waals surface area (Å²) < 4.78 is 5.29. The Morgan fingerprint density at radius 2 is 2.04 bits per heavy atom. The molecule has 0 aliphatic carbocycles. The molecule has 2 heterocycles. The first-order valence-electron chi connectivity index (χ1n) is 8.75. The predicted octanol–water partition coefficient (Wildman–Crippen LogP) is 1.59. The van der Waals surface area contributed by atoms with Crippen molar-refractivity contribution in [1.82, 2.24) is 15.1 Å². The number of benzene rings is 1. The lowest BCUT2D eigenvalue weighted by Gasteiger charge is -2.36. The van der Waals surface area contributed by atoms with Gasteiger partial charge in [0.25, 0.3) is 5.91 Å². The van der Waals surface area contributed by atoms with Gasteiger partial charge in [-0.1, -0.05) is 54.2 Å². The number of amidine groups is 1. The average molecular weight is 402 g/mol. The van der Waals surface area contributed by atoms with Crippen molar-refractivity contribution in [3.05, 3.63) is 48.0 Å². The van der Waals surface area contributed by atoms with Crippen molar-refractivity contribution < 1.29 is 19.1 Å². The number of nitrogens with one attached hydrogen (secondary N) is 1. The first-order valence-corrected chi connectivity index (χ1v) is 9.74. The number of imide groups is 1. The van der Waals surface area contributed by atoms with Crippen LogP contribution in [0.15, 0.2) is 47.5 Å². The third-order valence-electron chi connectivity index (χ3n) is 4.32. The van der Waals surface area contributed by atoms with Gasteiger partial charge in [-0.3, -0.25) is 14.9 Å². The maximum Gasteiger partial charge on any atom is 0.325 e. The Balaban J connectivity index is 1.65. The van der Waals surface area contributed by atoms with Crippen LogP contribution in [0.1, 0.15) is 12.5 Å². The number of hydrogen-bond acceptors (Lipinski definition) is 7. The average Bonchev–Trinajstić information content (AvgIpc) is 3.02. The Hall–Kier alpha value is -2.81. The molecule has 28 heavy (non-hydrogen) atoms. The van der Waals surface area contributed by atoms with Gasteiger partial charge >= 0.3 is 12.0 Å². The number of amides is 3. The van der Waals surface area contributed by atoms with Gasteiger partial charge in [-0.25, -0.2) is 9.79 Å². The standard InChI is InChI=1S/C19H22N4O4S/c1-12(2)9-23-15-16(22(3)18(26)21-17(15)25)20-19(23)28-11-14(24)27-10-13-7-5-4-6-8-13/h4-8,15-16H,1,9-11H2,2-3H3,(H,21,25,26). The molecule has 1 saturated heterocycles. The number of aliphatic imine (C=N–C) groups is 1. The minimum Gasteiger partial charge on any atom is -0.460 e. The van der Waals surface area contributed by atoms with E-state index in [2.05, 4.69) is 16.9 Å². The van der Waals surface area contributed by atoms with Crippen molar-refractivity contribution in [2.24, 2.45) is 4.99 Å². The van der Waals surface area contributed by atoms with E-state index in [-0.39, 0.29) is 18.3 Å². The largest absolute Gasteiger partial charge is 0.460 e. The molecule has 3 rings (SSSR count). The van der Waals surface area contributed by atoms with E-state index in [1.165, 1.54) is 16.7 Å². The first kappa shape index (κ1) is 19.9. The summed E-state index contributed by atoms with van der Waals surface area (Å²) in [6, 6.07) is 8.29. The SMILES string of the molecule is C=C(C)CN1C(SCC(=O)OCc2ccccc2)=NC2C1C(=O)NC(=O)N2C. The summed E-state index contributed by atoms with van der Waals surface area (Å²) in [6.45, 7) is 6.35. The van der Waals surface area contributed by atoms with Gasteiger partial charge in [-0.05, 0) is 12.5 Å². The highest BCUT2D eigenvalue weighted by molar-refractivity contribution is 8.14. The van der Waals surface area contributed by atoms with Crippen molar-refractivity contribution in [1.29, 1.82) is 0 Å². The van der Waals surface area contributed by atoms with Crippen LogP contribution < -0.4 is 5.32 Å². The zero-order chi connectivity index (χ0) is 20.3. The highest BCUT2D eigenvalue weighted by Crippen LogP contribution is 2.29. The lowest BCUT2D eigenvalue weighted by molar-refractivity contribution is -0.141. The highest BCUT2D eigenvalue weighted by Gasteiger charge is 2.48. The highest BCUT2D eigenvalue weighted by atomic mass is 32.2. The number of carbonyl (C=O) groups is 3. The fourth-order valence-corrected chi connectivity index (χ4v) is 3.84. The number of esters is 1. The van der Waals surface area contributed by atoms with E-state index in [1.807, 2.05) is 37.3 Å². The fraction of sp³-hybridized carbons (Fsp3) is 0.368. The van der Waals surface area contributed by atoms with Crippen LogP contribution in [0.5, 0.6) is 0 Å². The summed E-state index contributed by atoms with van der Waals surface area (Å²) in [5.74, 6) is -0.729. The van der Waals surface area contributed by atoms with Crippen LogP contribution in [0.2, 0.25) is 0 Å². The number of thioether (sulfide) groups is 1. The van der Waals surface area contributed by atoms with E-state index in [0.717, 1.165) is 11.1 Å². The molecule has 2 aliphatic heterocycles. The number of urea groups is 1. The summed E-state index contributed by atoms with van der Waals surface area (Å²) in [7, 11) is 1.59. The van der Waals surface area contributed by atoms with Gasteiger partial charge in [0, 0.05) is 13.6 Å². The van der Waals surface area contributed by atoms with Gasteiger partial charge in [0.05, 0.1) is 5.75 Å². The fourth-order valence-electron chi connectivity index (χ4n) is 2.98. The normalized spacial score (nSPS) is 21.1. The Kier molecular flexibility index (Phi) is 6.03. The number of hydrogen-bond donors (Lipinski definition) is 1. The van der Waals surface area contributed by atoms with Crippen LogP contribution >= 0.6 is 11.8 Å². The summed E-state index contributed by atoms with van der Waals surface area (Å²) >= 11 is 1.19. The monoisotopic (exact) mass is 402 g/mol. The van der Waals surface area contributed by atoms with Gasteiger partial charge in [0.1, 0.15) is 6.61 Å².